The molecule has 0 bridgehead atoms. The van der Waals surface area contributed by atoms with E-state index in [1.54, 1.807) is 6.07 Å². The van der Waals surface area contributed by atoms with Gasteiger partial charge in [-0.25, -0.2) is 0 Å². The SMILES string of the molecule is CCC(C)C(O)CNC(=O)c1cc(Br)ccc1C. The van der Waals surface area contributed by atoms with E-state index >= 15 is 0 Å². The van der Waals surface area contributed by atoms with Gasteiger partial charge < -0.3 is 10.4 Å². The third kappa shape index (κ3) is 4.10. The molecule has 0 aliphatic carbocycles. The fourth-order valence-electron chi connectivity index (χ4n) is 1.60. The third-order valence-corrected chi connectivity index (χ3v) is 3.71. The molecule has 0 aromatic heterocycles. The predicted molar refractivity (Wildman–Crippen MR) is 76.7 cm³/mol. The fourth-order valence-corrected chi connectivity index (χ4v) is 1.97. The number of nitrogens with one attached hydrogen (secondary N) is 1. The highest BCUT2D eigenvalue weighted by molar-refractivity contribution is 9.10. The van der Waals surface area contributed by atoms with Gasteiger partial charge in [-0.2, -0.15) is 0 Å². The average Bonchev–Trinajstić information content (AvgIpc) is 2.37. The molecule has 1 aromatic rings. The molecular weight excluding hydrogens is 294 g/mol. The number of carbonyl (C=O) groups excluding carboxylic acids is 1. The summed E-state index contributed by atoms with van der Waals surface area (Å²) in [5, 5.41) is 12.6. The van der Waals surface area contributed by atoms with Crippen LogP contribution in [-0.4, -0.2) is 23.7 Å². The maximum atomic E-state index is 12.0. The molecule has 0 heterocycles. The molecule has 2 unspecified atom stereocenters. The summed E-state index contributed by atoms with van der Waals surface area (Å²) in [6, 6.07) is 5.59. The van der Waals surface area contributed by atoms with Gasteiger partial charge in [0.15, 0.2) is 0 Å². The van der Waals surface area contributed by atoms with Crippen LogP contribution in [0.4, 0.5) is 0 Å². The molecule has 18 heavy (non-hydrogen) atoms. The van der Waals surface area contributed by atoms with E-state index in [1.165, 1.54) is 0 Å². The number of halogens is 1. The zero-order valence-electron chi connectivity index (χ0n) is 11.0. The van der Waals surface area contributed by atoms with E-state index in [0.29, 0.717) is 12.1 Å². The van der Waals surface area contributed by atoms with Crippen molar-refractivity contribution in [3.8, 4) is 0 Å². The molecule has 3 nitrogen and oxygen atoms in total. The molecule has 0 aliphatic heterocycles. The van der Waals surface area contributed by atoms with Crippen molar-refractivity contribution in [1.82, 2.24) is 5.32 Å². The van der Waals surface area contributed by atoms with Gasteiger partial charge in [-0.1, -0.05) is 42.3 Å². The molecule has 4 heteroatoms. The number of aryl methyl sites for hydroxylation is 1. The number of aliphatic hydroxyl groups is 1. The lowest BCUT2D eigenvalue weighted by Crippen LogP contribution is -2.35. The van der Waals surface area contributed by atoms with Crippen LogP contribution >= 0.6 is 15.9 Å². The smallest absolute Gasteiger partial charge is 0.251 e. The Bertz CT molecular complexity index is 420. The van der Waals surface area contributed by atoms with Gasteiger partial charge in [0.05, 0.1) is 6.10 Å². The quantitative estimate of drug-likeness (QED) is 0.878. The molecule has 1 amide bonds. The summed E-state index contributed by atoms with van der Waals surface area (Å²) in [6.45, 7) is 6.18. The van der Waals surface area contributed by atoms with Crippen LogP contribution in [0.5, 0.6) is 0 Å². The van der Waals surface area contributed by atoms with E-state index in [4.69, 9.17) is 0 Å². The monoisotopic (exact) mass is 313 g/mol. The summed E-state index contributed by atoms with van der Waals surface area (Å²) in [5.41, 5.74) is 1.56. The Hall–Kier alpha value is -0.870. The number of hydrogen-bond donors (Lipinski definition) is 2. The van der Waals surface area contributed by atoms with E-state index in [9.17, 15) is 9.90 Å². The van der Waals surface area contributed by atoms with E-state index in [2.05, 4.69) is 21.2 Å². The molecule has 0 spiro atoms. The lowest BCUT2D eigenvalue weighted by Gasteiger charge is -2.18. The molecule has 0 radical (unpaired) electrons. The maximum absolute atomic E-state index is 12.0. The average molecular weight is 314 g/mol. The zero-order chi connectivity index (χ0) is 13.7. The number of hydrogen-bond acceptors (Lipinski definition) is 2. The number of aliphatic hydroxyl groups excluding tert-OH is 1. The van der Waals surface area contributed by atoms with Crippen LogP contribution in [-0.2, 0) is 0 Å². The van der Waals surface area contributed by atoms with Crippen molar-refractivity contribution in [1.29, 1.82) is 0 Å². The lowest BCUT2D eigenvalue weighted by atomic mass is 10.0. The Kier molecular flexibility index (Phi) is 5.82. The van der Waals surface area contributed by atoms with Crippen molar-refractivity contribution >= 4 is 21.8 Å². The minimum atomic E-state index is -0.494. The molecule has 1 aromatic carbocycles. The first-order valence-corrected chi connectivity index (χ1v) is 6.97. The summed E-state index contributed by atoms with van der Waals surface area (Å²) in [7, 11) is 0. The highest BCUT2D eigenvalue weighted by Gasteiger charge is 2.15. The van der Waals surface area contributed by atoms with Gasteiger partial charge in [-0.3, -0.25) is 4.79 Å². The normalized spacial score (nSPS) is 14.1. The number of carbonyl (C=O) groups is 1. The highest BCUT2D eigenvalue weighted by atomic mass is 79.9. The molecule has 0 saturated carbocycles. The fraction of sp³-hybridized carbons (Fsp3) is 0.500. The van der Waals surface area contributed by atoms with Crippen molar-refractivity contribution < 1.29 is 9.90 Å². The van der Waals surface area contributed by atoms with Gasteiger partial charge in [0.25, 0.3) is 5.91 Å². The first-order valence-electron chi connectivity index (χ1n) is 6.18. The molecule has 1 rings (SSSR count). The molecule has 2 N–H and O–H groups in total. The van der Waals surface area contributed by atoms with Gasteiger partial charge >= 0.3 is 0 Å². The molecule has 2 atom stereocenters. The Morgan fingerprint density at radius 3 is 2.78 bits per heavy atom. The molecule has 0 fully saturated rings. The molecular formula is C14H20BrNO2. The van der Waals surface area contributed by atoms with E-state index < -0.39 is 6.10 Å². The van der Waals surface area contributed by atoms with Crippen LogP contribution in [0, 0.1) is 12.8 Å². The standard InChI is InChI=1S/C14H20BrNO2/c1-4-9(2)13(17)8-16-14(18)12-7-11(15)6-5-10(12)3/h5-7,9,13,17H,4,8H2,1-3H3,(H,16,18). The molecule has 100 valence electrons. The molecule has 0 aliphatic rings. The number of benzene rings is 1. The summed E-state index contributed by atoms with van der Waals surface area (Å²) in [5.74, 6) is 0.0464. The predicted octanol–water partition coefficient (Wildman–Crippen LogP) is 2.89. The third-order valence-electron chi connectivity index (χ3n) is 3.22. The minimum Gasteiger partial charge on any atom is -0.391 e. The van der Waals surface area contributed by atoms with Crippen molar-refractivity contribution in [3.05, 3.63) is 33.8 Å². The highest BCUT2D eigenvalue weighted by Crippen LogP contribution is 2.16. The first-order chi connectivity index (χ1) is 8.45. The van der Waals surface area contributed by atoms with E-state index in [-0.39, 0.29) is 11.8 Å². The Balaban J connectivity index is 2.63. The Labute approximate surface area is 117 Å². The van der Waals surface area contributed by atoms with Crippen molar-refractivity contribution in [2.45, 2.75) is 33.3 Å². The Morgan fingerprint density at radius 1 is 1.50 bits per heavy atom. The van der Waals surface area contributed by atoms with Gasteiger partial charge in [-0.05, 0) is 30.5 Å². The zero-order valence-corrected chi connectivity index (χ0v) is 12.6. The van der Waals surface area contributed by atoms with Gasteiger partial charge in [0.1, 0.15) is 0 Å². The van der Waals surface area contributed by atoms with Gasteiger partial charge in [0.2, 0.25) is 0 Å². The maximum Gasteiger partial charge on any atom is 0.251 e. The second kappa shape index (κ2) is 6.90. The van der Waals surface area contributed by atoms with Crippen LogP contribution < -0.4 is 5.32 Å². The Morgan fingerprint density at radius 2 is 2.17 bits per heavy atom. The van der Waals surface area contributed by atoms with Crippen LogP contribution in [0.3, 0.4) is 0 Å². The van der Waals surface area contributed by atoms with E-state index in [1.807, 2.05) is 32.9 Å². The van der Waals surface area contributed by atoms with Crippen LogP contribution in [0.25, 0.3) is 0 Å². The largest absolute Gasteiger partial charge is 0.391 e. The van der Waals surface area contributed by atoms with Crippen molar-refractivity contribution in [3.63, 3.8) is 0 Å². The van der Waals surface area contributed by atoms with Crippen LogP contribution in [0.2, 0.25) is 0 Å². The molecule has 0 saturated heterocycles. The number of rotatable bonds is 5. The van der Waals surface area contributed by atoms with Gasteiger partial charge in [-0.15, -0.1) is 0 Å². The minimum absolute atomic E-state index is 0.142. The van der Waals surface area contributed by atoms with Crippen LogP contribution in [0.15, 0.2) is 22.7 Å². The van der Waals surface area contributed by atoms with E-state index in [0.717, 1.165) is 16.5 Å². The topological polar surface area (TPSA) is 49.3 Å². The summed E-state index contributed by atoms with van der Waals surface area (Å²) in [4.78, 5) is 12.0. The van der Waals surface area contributed by atoms with Crippen molar-refractivity contribution in [2.24, 2.45) is 5.92 Å². The summed E-state index contributed by atoms with van der Waals surface area (Å²) >= 11 is 3.35. The lowest BCUT2D eigenvalue weighted by molar-refractivity contribution is 0.0849. The summed E-state index contributed by atoms with van der Waals surface area (Å²) < 4.78 is 0.876. The summed E-state index contributed by atoms with van der Waals surface area (Å²) in [6.07, 6.45) is 0.402. The van der Waals surface area contributed by atoms with Crippen LogP contribution in [0.1, 0.15) is 36.2 Å². The second-order valence-corrected chi connectivity index (χ2v) is 5.54. The first kappa shape index (κ1) is 15.2. The van der Waals surface area contributed by atoms with Crippen molar-refractivity contribution in [2.75, 3.05) is 6.54 Å². The number of amides is 1. The second-order valence-electron chi connectivity index (χ2n) is 4.62. The van der Waals surface area contributed by atoms with Gasteiger partial charge in [0, 0.05) is 16.6 Å².